The molecule has 1 amide bonds. The van der Waals surface area contributed by atoms with Gasteiger partial charge in [0.05, 0.1) is 5.69 Å². The Morgan fingerprint density at radius 3 is 2.33 bits per heavy atom. The molecular weight excluding hydrogens is 346 g/mol. The minimum atomic E-state index is -1.26. The Morgan fingerprint density at radius 1 is 1.04 bits per heavy atom. The van der Waals surface area contributed by atoms with Crippen molar-refractivity contribution >= 4 is 11.9 Å². The van der Waals surface area contributed by atoms with Crippen molar-refractivity contribution in [3.05, 3.63) is 52.8 Å². The van der Waals surface area contributed by atoms with Crippen molar-refractivity contribution in [3.8, 4) is 11.3 Å². The summed E-state index contributed by atoms with van der Waals surface area (Å²) in [6.45, 7) is -0.311. The van der Waals surface area contributed by atoms with Crippen molar-refractivity contribution in [2.24, 2.45) is 0 Å². The number of rotatable bonds is 5. The minimum Gasteiger partial charge on any atom is -0.480 e. The monoisotopic (exact) mass is 369 g/mol. The summed E-state index contributed by atoms with van der Waals surface area (Å²) in [5.74, 6) is -1.53. The summed E-state index contributed by atoms with van der Waals surface area (Å²) in [6, 6.07) is 12.3. The third kappa shape index (κ3) is 4.42. The van der Waals surface area contributed by atoms with Crippen molar-refractivity contribution in [1.29, 1.82) is 0 Å². The third-order valence-electron chi connectivity index (χ3n) is 4.97. The van der Waals surface area contributed by atoms with Gasteiger partial charge in [-0.1, -0.05) is 56.0 Å². The highest BCUT2D eigenvalue weighted by atomic mass is 16.4. The molecule has 0 bridgehead atoms. The largest absolute Gasteiger partial charge is 0.480 e. The van der Waals surface area contributed by atoms with Gasteiger partial charge in [-0.15, -0.1) is 0 Å². The van der Waals surface area contributed by atoms with Crippen LogP contribution < -0.4 is 10.9 Å². The van der Waals surface area contributed by atoms with E-state index in [0.29, 0.717) is 18.5 Å². The molecule has 0 saturated heterocycles. The number of aliphatic carboxylic acids is 1. The molecule has 0 atom stereocenters. The number of carbonyl (C=O) groups is 2. The van der Waals surface area contributed by atoms with Gasteiger partial charge < -0.3 is 10.4 Å². The summed E-state index contributed by atoms with van der Waals surface area (Å²) in [4.78, 5) is 36.5. The van der Waals surface area contributed by atoms with Crippen LogP contribution in [0.15, 0.2) is 47.3 Å². The number of carboxylic acids is 1. The van der Waals surface area contributed by atoms with Crippen LogP contribution in [-0.4, -0.2) is 32.3 Å². The lowest BCUT2D eigenvalue weighted by molar-refractivity contribution is -0.148. The van der Waals surface area contributed by atoms with E-state index in [1.807, 2.05) is 30.3 Å². The van der Waals surface area contributed by atoms with Crippen LogP contribution in [-0.2, 0) is 16.1 Å². The molecule has 1 saturated carbocycles. The van der Waals surface area contributed by atoms with Gasteiger partial charge in [0.15, 0.2) is 0 Å². The topological polar surface area (TPSA) is 101 Å². The van der Waals surface area contributed by atoms with Crippen molar-refractivity contribution in [1.82, 2.24) is 15.1 Å². The fourth-order valence-corrected chi connectivity index (χ4v) is 3.49. The fourth-order valence-electron chi connectivity index (χ4n) is 3.49. The predicted molar refractivity (Wildman–Crippen MR) is 100 cm³/mol. The maximum absolute atomic E-state index is 12.5. The summed E-state index contributed by atoms with van der Waals surface area (Å²) >= 11 is 0. The van der Waals surface area contributed by atoms with Gasteiger partial charge in [0, 0.05) is 11.6 Å². The first-order valence-corrected chi connectivity index (χ1v) is 9.18. The fraction of sp³-hybridized carbons (Fsp3) is 0.400. The molecule has 142 valence electrons. The lowest BCUT2D eigenvalue weighted by atomic mass is 9.90. The molecular formula is C20H23N3O4. The Kier molecular flexibility index (Phi) is 5.69. The van der Waals surface area contributed by atoms with Gasteiger partial charge >= 0.3 is 5.97 Å². The van der Waals surface area contributed by atoms with E-state index in [4.69, 9.17) is 0 Å². The van der Waals surface area contributed by atoms with Gasteiger partial charge in [-0.3, -0.25) is 9.59 Å². The number of nitrogens with one attached hydrogen (secondary N) is 1. The normalized spacial score (nSPS) is 16.3. The second-order valence-electron chi connectivity index (χ2n) is 6.93. The highest BCUT2D eigenvalue weighted by molar-refractivity contribution is 5.87. The number of nitrogens with zero attached hydrogens (tertiary/aromatic N) is 2. The van der Waals surface area contributed by atoms with Crippen LogP contribution in [0.2, 0.25) is 0 Å². The van der Waals surface area contributed by atoms with Crippen LogP contribution in [0.3, 0.4) is 0 Å². The summed E-state index contributed by atoms with van der Waals surface area (Å²) in [5, 5.41) is 16.6. The molecule has 1 aromatic heterocycles. The molecule has 2 N–H and O–H groups in total. The molecule has 3 rings (SSSR count). The Hall–Kier alpha value is -2.96. The first-order chi connectivity index (χ1) is 13.0. The molecule has 27 heavy (non-hydrogen) atoms. The van der Waals surface area contributed by atoms with Crippen LogP contribution in [0.1, 0.15) is 38.5 Å². The van der Waals surface area contributed by atoms with Gasteiger partial charge in [0.1, 0.15) is 12.1 Å². The predicted octanol–water partition coefficient (Wildman–Crippen LogP) is 2.20. The SMILES string of the molecule is O=C(Cn1nc(-c2ccccc2)ccc1=O)NC1(C(=O)O)CCCCCC1. The average molecular weight is 369 g/mol. The van der Waals surface area contributed by atoms with Gasteiger partial charge in [0.25, 0.3) is 5.56 Å². The maximum atomic E-state index is 12.5. The van der Waals surface area contributed by atoms with Crippen molar-refractivity contribution in [3.63, 3.8) is 0 Å². The molecule has 1 heterocycles. The summed E-state index contributed by atoms with van der Waals surface area (Å²) in [7, 11) is 0. The highest BCUT2D eigenvalue weighted by Gasteiger charge is 2.40. The molecule has 0 unspecified atom stereocenters. The molecule has 1 aromatic carbocycles. The first-order valence-electron chi connectivity index (χ1n) is 9.18. The van der Waals surface area contributed by atoms with Crippen molar-refractivity contribution in [2.75, 3.05) is 0 Å². The Bertz CT molecular complexity index is 868. The smallest absolute Gasteiger partial charge is 0.329 e. The van der Waals surface area contributed by atoms with Crippen molar-refractivity contribution in [2.45, 2.75) is 50.6 Å². The van der Waals surface area contributed by atoms with Crippen LogP contribution >= 0.6 is 0 Å². The van der Waals surface area contributed by atoms with Crippen LogP contribution in [0.5, 0.6) is 0 Å². The third-order valence-corrected chi connectivity index (χ3v) is 4.97. The average Bonchev–Trinajstić information content (AvgIpc) is 2.91. The lowest BCUT2D eigenvalue weighted by Crippen LogP contribution is -2.55. The van der Waals surface area contributed by atoms with E-state index < -0.39 is 23.0 Å². The van der Waals surface area contributed by atoms with Crippen molar-refractivity contribution < 1.29 is 14.7 Å². The quantitative estimate of drug-likeness (QED) is 0.787. The zero-order valence-corrected chi connectivity index (χ0v) is 15.1. The van der Waals surface area contributed by atoms with E-state index in [1.54, 1.807) is 6.07 Å². The Labute approximate surface area is 157 Å². The molecule has 1 fully saturated rings. The summed E-state index contributed by atoms with van der Waals surface area (Å²) in [6.07, 6.45) is 4.25. The van der Waals surface area contributed by atoms with E-state index in [2.05, 4.69) is 10.4 Å². The zero-order valence-electron chi connectivity index (χ0n) is 15.1. The van der Waals surface area contributed by atoms with Crippen LogP contribution in [0.25, 0.3) is 11.3 Å². The van der Waals surface area contributed by atoms with Gasteiger partial charge in [0.2, 0.25) is 5.91 Å². The van der Waals surface area contributed by atoms with Crippen LogP contribution in [0.4, 0.5) is 0 Å². The first kappa shape index (κ1) is 18.8. The summed E-state index contributed by atoms with van der Waals surface area (Å²) < 4.78 is 1.07. The molecule has 7 heteroatoms. The van der Waals surface area contributed by atoms with E-state index >= 15 is 0 Å². The second kappa shape index (κ2) is 8.16. The molecule has 1 aliphatic carbocycles. The Morgan fingerprint density at radius 2 is 1.70 bits per heavy atom. The molecule has 7 nitrogen and oxygen atoms in total. The highest BCUT2D eigenvalue weighted by Crippen LogP contribution is 2.27. The lowest BCUT2D eigenvalue weighted by Gasteiger charge is -2.29. The zero-order chi connectivity index (χ0) is 19.3. The summed E-state index contributed by atoms with van der Waals surface area (Å²) in [5.41, 5.74) is -0.258. The van der Waals surface area contributed by atoms with Gasteiger partial charge in [-0.2, -0.15) is 5.10 Å². The molecule has 1 aliphatic rings. The number of carbonyl (C=O) groups excluding carboxylic acids is 1. The molecule has 0 aliphatic heterocycles. The standard InChI is InChI=1S/C20H23N3O4/c24-17(21-20(19(26)27)12-6-1-2-7-13-20)14-23-18(25)11-10-16(22-23)15-8-4-3-5-9-15/h3-5,8-11H,1-2,6-7,12-14H2,(H,21,24)(H,26,27). The van der Waals surface area contributed by atoms with E-state index in [-0.39, 0.29) is 6.54 Å². The van der Waals surface area contributed by atoms with E-state index in [1.165, 1.54) is 6.07 Å². The molecule has 2 aromatic rings. The molecule has 0 radical (unpaired) electrons. The minimum absolute atomic E-state index is 0.311. The second-order valence-corrected chi connectivity index (χ2v) is 6.93. The van der Waals surface area contributed by atoms with Gasteiger partial charge in [-0.25, -0.2) is 9.48 Å². The maximum Gasteiger partial charge on any atom is 0.329 e. The Balaban J connectivity index is 1.79. The number of aromatic nitrogens is 2. The number of hydrogen-bond donors (Lipinski definition) is 2. The number of amides is 1. The van der Waals surface area contributed by atoms with E-state index in [9.17, 15) is 19.5 Å². The van der Waals surface area contributed by atoms with Crippen LogP contribution in [0, 0.1) is 0 Å². The number of hydrogen-bond acceptors (Lipinski definition) is 4. The van der Waals surface area contributed by atoms with Gasteiger partial charge in [-0.05, 0) is 18.9 Å². The number of benzene rings is 1. The molecule has 0 spiro atoms. The number of carboxylic acid groups (broad SMARTS) is 1. The van der Waals surface area contributed by atoms with E-state index in [0.717, 1.165) is 35.9 Å².